The van der Waals surface area contributed by atoms with E-state index in [1.54, 1.807) is 24.3 Å². The largest absolute Gasteiger partial charge is 0.495 e. The third-order valence-corrected chi connectivity index (χ3v) is 3.72. The molecule has 7 nitrogen and oxygen atoms in total. The van der Waals surface area contributed by atoms with E-state index < -0.39 is 10.8 Å². The Hall–Kier alpha value is -3.09. The number of rotatable bonds is 8. The van der Waals surface area contributed by atoms with Crippen molar-refractivity contribution in [1.29, 1.82) is 0 Å². The topological polar surface area (TPSA) is 90.7 Å². The molecule has 0 bridgehead atoms. The molecule has 0 atom stereocenters. The zero-order valence-corrected chi connectivity index (χ0v) is 15.0. The zero-order valence-electron chi connectivity index (χ0n) is 15.0. The Balaban J connectivity index is 2.07. The number of hydrogen-bond donors (Lipinski definition) is 1. The molecule has 0 aliphatic rings. The van der Waals surface area contributed by atoms with Crippen LogP contribution in [0.25, 0.3) is 0 Å². The van der Waals surface area contributed by atoms with Crippen molar-refractivity contribution in [2.75, 3.05) is 19.0 Å². The maximum Gasteiger partial charge on any atom is 0.271 e. The predicted molar refractivity (Wildman–Crippen MR) is 99.0 cm³/mol. The molecular weight excluding hydrogens is 336 g/mol. The summed E-state index contributed by atoms with van der Waals surface area (Å²) < 4.78 is 10.8. The van der Waals surface area contributed by atoms with E-state index in [1.165, 1.54) is 25.3 Å². The van der Waals surface area contributed by atoms with E-state index >= 15 is 0 Å². The second kappa shape index (κ2) is 8.84. The highest BCUT2D eigenvalue weighted by Gasteiger charge is 2.14. The maximum absolute atomic E-state index is 12.4. The molecule has 0 fully saturated rings. The molecule has 1 N–H and O–H groups in total. The third kappa shape index (κ3) is 5.20. The number of amides is 1. The first-order valence-corrected chi connectivity index (χ1v) is 8.27. The molecule has 0 unspecified atom stereocenters. The lowest BCUT2D eigenvalue weighted by atomic mass is 10.1. The first-order chi connectivity index (χ1) is 12.4. The summed E-state index contributed by atoms with van der Waals surface area (Å²) in [5, 5.41) is 13.6. The lowest BCUT2D eigenvalue weighted by Gasteiger charge is -2.11. The van der Waals surface area contributed by atoms with Crippen LogP contribution in [0, 0.1) is 16.0 Å². The van der Waals surface area contributed by atoms with Gasteiger partial charge < -0.3 is 14.8 Å². The second-order valence-corrected chi connectivity index (χ2v) is 6.15. The van der Waals surface area contributed by atoms with Crippen molar-refractivity contribution in [3.8, 4) is 11.5 Å². The fraction of sp³-hybridized carbons (Fsp3) is 0.316. The van der Waals surface area contributed by atoms with Crippen molar-refractivity contribution < 1.29 is 19.2 Å². The Bertz CT molecular complexity index is 772. The van der Waals surface area contributed by atoms with Crippen LogP contribution in [0.1, 0.15) is 30.6 Å². The first-order valence-electron chi connectivity index (χ1n) is 8.27. The quantitative estimate of drug-likeness (QED) is 0.562. The highest BCUT2D eigenvalue weighted by Crippen LogP contribution is 2.29. The number of nitro benzene ring substituents is 1. The highest BCUT2D eigenvalue weighted by atomic mass is 16.6. The monoisotopic (exact) mass is 358 g/mol. The van der Waals surface area contributed by atoms with E-state index in [2.05, 4.69) is 19.2 Å². The molecule has 0 heterocycles. The predicted octanol–water partition coefficient (Wildman–Crippen LogP) is 4.28. The average molecular weight is 358 g/mol. The van der Waals surface area contributed by atoms with Gasteiger partial charge in [0.05, 0.1) is 24.3 Å². The molecule has 0 saturated carbocycles. The molecule has 2 rings (SSSR count). The maximum atomic E-state index is 12.4. The fourth-order valence-corrected chi connectivity index (χ4v) is 2.22. The molecule has 1 amide bonds. The van der Waals surface area contributed by atoms with Crippen molar-refractivity contribution >= 4 is 17.3 Å². The SMILES string of the molecule is COc1ccc([N+](=O)[O-])cc1NC(=O)c1ccc(OCCC(C)C)cc1. The minimum absolute atomic E-state index is 0.130. The van der Waals surface area contributed by atoms with Gasteiger partial charge in [0.25, 0.3) is 11.6 Å². The summed E-state index contributed by atoms with van der Waals surface area (Å²) in [5.41, 5.74) is 0.522. The molecule has 0 aromatic heterocycles. The lowest BCUT2D eigenvalue weighted by Crippen LogP contribution is -2.13. The van der Waals surface area contributed by atoms with Crippen LogP contribution in [0.4, 0.5) is 11.4 Å². The van der Waals surface area contributed by atoms with Crippen LogP contribution >= 0.6 is 0 Å². The number of benzene rings is 2. The molecule has 26 heavy (non-hydrogen) atoms. The van der Waals surface area contributed by atoms with Gasteiger partial charge in [-0.25, -0.2) is 0 Å². The average Bonchev–Trinajstić information content (AvgIpc) is 2.61. The number of ether oxygens (including phenoxy) is 2. The van der Waals surface area contributed by atoms with Crippen LogP contribution in [-0.4, -0.2) is 24.5 Å². The smallest absolute Gasteiger partial charge is 0.271 e. The Morgan fingerprint density at radius 3 is 2.46 bits per heavy atom. The number of carbonyl (C=O) groups excluding carboxylic acids is 1. The second-order valence-electron chi connectivity index (χ2n) is 6.15. The molecule has 138 valence electrons. The Labute approximate surface area is 152 Å². The number of nitro groups is 1. The van der Waals surface area contributed by atoms with E-state index in [1.807, 2.05) is 0 Å². The summed E-state index contributed by atoms with van der Waals surface area (Å²) in [6, 6.07) is 10.8. The van der Waals surface area contributed by atoms with E-state index in [-0.39, 0.29) is 11.4 Å². The van der Waals surface area contributed by atoms with Gasteiger partial charge in [0, 0.05) is 17.7 Å². The first kappa shape index (κ1) is 19.2. The van der Waals surface area contributed by atoms with E-state index in [4.69, 9.17) is 9.47 Å². The number of non-ortho nitro benzene ring substituents is 1. The van der Waals surface area contributed by atoms with Crippen LogP contribution in [0.3, 0.4) is 0 Å². The van der Waals surface area contributed by atoms with Gasteiger partial charge in [-0.3, -0.25) is 14.9 Å². The van der Waals surface area contributed by atoms with Gasteiger partial charge in [-0.05, 0) is 42.7 Å². The number of nitrogens with zero attached hydrogens (tertiary/aromatic N) is 1. The van der Waals surface area contributed by atoms with Gasteiger partial charge >= 0.3 is 0 Å². The standard InChI is InChI=1S/C19H22N2O5/c1-13(2)10-11-26-16-7-4-14(5-8-16)19(22)20-17-12-15(21(23)24)6-9-18(17)25-3/h4-9,12-13H,10-11H2,1-3H3,(H,20,22). The minimum Gasteiger partial charge on any atom is -0.495 e. The van der Waals surface area contributed by atoms with Crippen LogP contribution in [0.15, 0.2) is 42.5 Å². The number of nitrogens with one attached hydrogen (secondary N) is 1. The zero-order chi connectivity index (χ0) is 19.1. The van der Waals surface area contributed by atoms with Crippen molar-refractivity contribution in [2.24, 2.45) is 5.92 Å². The van der Waals surface area contributed by atoms with E-state index in [0.29, 0.717) is 29.6 Å². The molecule has 0 aliphatic carbocycles. The van der Waals surface area contributed by atoms with E-state index in [9.17, 15) is 14.9 Å². The third-order valence-electron chi connectivity index (χ3n) is 3.72. The molecule has 2 aromatic carbocycles. The van der Waals surface area contributed by atoms with Crippen LogP contribution in [-0.2, 0) is 0 Å². The van der Waals surface area contributed by atoms with Crippen molar-refractivity contribution in [1.82, 2.24) is 0 Å². The normalized spacial score (nSPS) is 10.5. The van der Waals surface area contributed by atoms with Crippen molar-refractivity contribution in [2.45, 2.75) is 20.3 Å². The molecule has 0 radical (unpaired) electrons. The highest BCUT2D eigenvalue weighted by molar-refractivity contribution is 6.05. The van der Waals surface area contributed by atoms with Crippen molar-refractivity contribution in [3.63, 3.8) is 0 Å². The van der Waals surface area contributed by atoms with Gasteiger partial charge in [-0.1, -0.05) is 13.8 Å². The van der Waals surface area contributed by atoms with Gasteiger partial charge in [-0.15, -0.1) is 0 Å². The molecule has 0 aliphatic heterocycles. The number of carbonyl (C=O) groups is 1. The van der Waals surface area contributed by atoms with Gasteiger partial charge in [-0.2, -0.15) is 0 Å². The summed E-state index contributed by atoms with van der Waals surface area (Å²) in [6.45, 7) is 4.87. The van der Waals surface area contributed by atoms with Crippen LogP contribution in [0.2, 0.25) is 0 Å². The Kier molecular flexibility index (Phi) is 6.54. The molecule has 0 spiro atoms. The van der Waals surface area contributed by atoms with Gasteiger partial charge in [0.1, 0.15) is 11.5 Å². The Morgan fingerprint density at radius 2 is 1.88 bits per heavy atom. The molecule has 7 heteroatoms. The number of hydrogen-bond acceptors (Lipinski definition) is 5. The number of methoxy groups -OCH3 is 1. The molecule has 0 saturated heterocycles. The summed E-state index contributed by atoms with van der Waals surface area (Å²) in [7, 11) is 1.43. The molecular formula is C19H22N2O5. The van der Waals surface area contributed by atoms with Crippen molar-refractivity contribution in [3.05, 3.63) is 58.1 Å². The molecule has 2 aromatic rings. The Morgan fingerprint density at radius 1 is 1.19 bits per heavy atom. The van der Waals surface area contributed by atoms with Crippen LogP contribution < -0.4 is 14.8 Å². The minimum atomic E-state index is -0.529. The summed E-state index contributed by atoms with van der Waals surface area (Å²) in [5.74, 6) is 1.20. The summed E-state index contributed by atoms with van der Waals surface area (Å²) in [4.78, 5) is 22.8. The van der Waals surface area contributed by atoms with E-state index in [0.717, 1.165) is 6.42 Å². The summed E-state index contributed by atoms with van der Waals surface area (Å²) >= 11 is 0. The van der Waals surface area contributed by atoms with Gasteiger partial charge in [0.2, 0.25) is 0 Å². The summed E-state index contributed by atoms with van der Waals surface area (Å²) in [6.07, 6.45) is 0.953. The number of anilines is 1. The van der Waals surface area contributed by atoms with Crippen LogP contribution in [0.5, 0.6) is 11.5 Å². The lowest BCUT2D eigenvalue weighted by molar-refractivity contribution is -0.384. The van der Waals surface area contributed by atoms with Gasteiger partial charge in [0.15, 0.2) is 0 Å². The fourth-order valence-electron chi connectivity index (χ4n) is 2.22.